The number of para-hydroxylation sites is 1. The maximum Gasteiger partial charge on any atom is 0.273 e. The number of benzene rings is 1. The number of rotatable bonds is 2. The van der Waals surface area contributed by atoms with Gasteiger partial charge < -0.3 is 9.80 Å². The number of carbonyl (C=O) groups excluding carboxylic acids is 2. The first-order valence-electron chi connectivity index (χ1n) is 9.13. The van der Waals surface area contributed by atoms with Gasteiger partial charge in [-0.25, -0.2) is 0 Å². The number of hydrogen-bond acceptors (Lipinski definition) is 3. The summed E-state index contributed by atoms with van der Waals surface area (Å²) in [7, 11) is 0. The van der Waals surface area contributed by atoms with Crippen LogP contribution in [0.15, 0.2) is 24.3 Å². The van der Waals surface area contributed by atoms with E-state index >= 15 is 0 Å². The third kappa shape index (κ3) is 1.73. The van der Waals surface area contributed by atoms with Crippen LogP contribution >= 0.6 is 0 Å². The van der Waals surface area contributed by atoms with Crippen LogP contribution in [0, 0.1) is 0 Å². The number of anilines is 1. The zero-order chi connectivity index (χ0) is 16.9. The van der Waals surface area contributed by atoms with Gasteiger partial charge in [-0.1, -0.05) is 37.5 Å². The van der Waals surface area contributed by atoms with Gasteiger partial charge in [0.05, 0.1) is 5.69 Å². The van der Waals surface area contributed by atoms with Crippen LogP contribution in [-0.2, 0) is 15.3 Å². The molecule has 0 aromatic heterocycles. The van der Waals surface area contributed by atoms with Crippen molar-refractivity contribution in [3.8, 4) is 0 Å². The standard InChI is InChI=1S/C19H25N3O2/c1-3-21-15-11-7-6-10-14(15)19(17(21)24)20-18(12-8-5-9-13-18)16(23)22(19)4-2/h6-7,10-11,20H,3-5,8-9,12-13H2,1-2H3/t19-/m0/s1. The number of fused-ring (bicyclic) bond motifs is 2. The van der Waals surface area contributed by atoms with Crippen molar-refractivity contribution in [1.82, 2.24) is 10.2 Å². The van der Waals surface area contributed by atoms with Gasteiger partial charge in [-0.2, -0.15) is 0 Å². The van der Waals surface area contributed by atoms with Gasteiger partial charge in [-0.05, 0) is 32.8 Å². The molecule has 2 aliphatic heterocycles. The lowest BCUT2D eigenvalue weighted by Gasteiger charge is -2.34. The Morgan fingerprint density at radius 2 is 1.71 bits per heavy atom. The molecule has 5 heteroatoms. The van der Waals surface area contributed by atoms with E-state index < -0.39 is 11.2 Å². The summed E-state index contributed by atoms with van der Waals surface area (Å²) in [6.45, 7) is 5.09. The van der Waals surface area contributed by atoms with Gasteiger partial charge in [0.25, 0.3) is 5.91 Å². The van der Waals surface area contributed by atoms with Crippen molar-refractivity contribution >= 4 is 17.5 Å². The largest absolute Gasteiger partial charge is 0.311 e. The first-order chi connectivity index (χ1) is 11.6. The molecule has 2 heterocycles. The van der Waals surface area contributed by atoms with Gasteiger partial charge in [-0.3, -0.25) is 14.9 Å². The molecule has 1 N–H and O–H groups in total. The molecule has 128 valence electrons. The smallest absolute Gasteiger partial charge is 0.273 e. The first-order valence-corrected chi connectivity index (χ1v) is 9.13. The molecule has 5 nitrogen and oxygen atoms in total. The van der Waals surface area contributed by atoms with Crippen LogP contribution in [-0.4, -0.2) is 35.3 Å². The zero-order valence-electron chi connectivity index (χ0n) is 14.5. The van der Waals surface area contributed by atoms with Gasteiger partial charge in [0.2, 0.25) is 11.6 Å². The lowest BCUT2D eigenvalue weighted by atomic mass is 9.81. The second-order valence-corrected chi connectivity index (χ2v) is 7.09. The molecule has 0 radical (unpaired) electrons. The van der Waals surface area contributed by atoms with E-state index in [-0.39, 0.29) is 11.8 Å². The summed E-state index contributed by atoms with van der Waals surface area (Å²) in [5.74, 6) is 0.0923. The summed E-state index contributed by atoms with van der Waals surface area (Å²) < 4.78 is 0. The lowest BCUT2D eigenvalue weighted by Crippen LogP contribution is -2.58. The van der Waals surface area contributed by atoms with E-state index in [0.717, 1.165) is 36.9 Å². The zero-order valence-corrected chi connectivity index (χ0v) is 14.5. The average molecular weight is 327 g/mol. The SMILES string of the molecule is CCN1C(=O)[C@]2(NC3(CCCCC3)C(=O)N2CC)c2ccccc21. The fourth-order valence-corrected chi connectivity index (χ4v) is 4.88. The highest BCUT2D eigenvalue weighted by Gasteiger charge is 2.66. The van der Waals surface area contributed by atoms with Gasteiger partial charge in [0.15, 0.2) is 0 Å². The lowest BCUT2D eigenvalue weighted by molar-refractivity contribution is -0.141. The van der Waals surface area contributed by atoms with Gasteiger partial charge in [0.1, 0.15) is 5.54 Å². The quantitative estimate of drug-likeness (QED) is 0.907. The number of amides is 2. The summed E-state index contributed by atoms with van der Waals surface area (Å²) >= 11 is 0. The van der Waals surface area contributed by atoms with Crippen LogP contribution in [0.3, 0.4) is 0 Å². The monoisotopic (exact) mass is 327 g/mol. The van der Waals surface area contributed by atoms with E-state index in [1.807, 2.05) is 38.1 Å². The highest BCUT2D eigenvalue weighted by molar-refractivity contribution is 6.11. The molecule has 1 aromatic rings. The predicted molar refractivity (Wildman–Crippen MR) is 92.5 cm³/mol. The van der Waals surface area contributed by atoms with E-state index in [1.165, 1.54) is 6.42 Å². The number of carbonyl (C=O) groups is 2. The Labute approximate surface area is 143 Å². The Morgan fingerprint density at radius 1 is 1.00 bits per heavy atom. The van der Waals surface area contributed by atoms with Crippen LogP contribution in [0.4, 0.5) is 5.69 Å². The van der Waals surface area contributed by atoms with Crippen molar-refractivity contribution in [1.29, 1.82) is 0 Å². The molecule has 0 bridgehead atoms. The van der Waals surface area contributed by atoms with E-state index in [1.54, 1.807) is 9.80 Å². The molecule has 3 aliphatic rings. The summed E-state index contributed by atoms with van der Waals surface area (Å²) in [5.41, 5.74) is 0.266. The number of nitrogens with zero attached hydrogens (tertiary/aromatic N) is 2. The summed E-state index contributed by atoms with van der Waals surface area (Å²) in [6.07, 6.45) is 4.90. The maximum absolute atomic E-state index is 13.4. The normalized spacial score (nSPS) is 28.2. The molecular formula is C19H25N3O2. The number of likely N-dealkylation sites (N-methyl/N-ethyl adjacent to an activating group) is 2. The summed E-state index contributed by atoms with van der Waals surface area (Å²) in [6, 6.07) is 7.89. The van der Waals surface area contributed by atoms with Crippen LogP contribution in [0.25, 0.3) is 0 Å². The van der Waals surface area contributed by atoms with Gasteiger partial charge in [0, 0.05) is 18.7 Å². The van der Waals surface area contributed by atoms with E-state index in [4.69, 9.17) is 0 Å². The molecule has 2 spiro atoms. The van der Waals surface area contributed by atoms with E-state index in [0.29, 0.717) is 13.1 Å². The van der Waals surface area contributed by atoms with Crippen molar-refractivity contribution in [2.45, 2.75) is 57.2 Å². The maximum atomic E-state index is 13.4. The topological polar surface area (TPSA) is 52.7 Å². The van der Waals surface area contributed by atoms with Crippen LogP contribution < -0.4 is 10.2 Å². The Morgan fingerprint density at radius 3 is 2.38 bits per heavy atom. The molecule has 1 saturated heterocycles. The second-order valence-electron chi connectivity index (χ2n) is 7.09. The van der Waals surface area contributed by atoms with Gasteiger partial charge >= 0.3 is 0 Å². The highest BCUT2D eigenvalue weighted by Crippen LogP contribution is 2.49. The van der Waals surface area contributed by atoms with Crippen LogP contribution in [0.5, 0.6) is 0 Å². The summed E-state index contributed by atoms with van der Waals surface area (Å²) in [5, 5.41) is 3.59. The molecule has 1 aliphatic carbocycles. The number of nitrogens with one attached hydrogen (secondary N) is 1. The van der Waals surface area contributed by atoms with E-state index in [2.05, 4.69) is 5.32 Å². The third-order valence-electron chi connectivity index (χ3n) is 5.96. The minimum absolute atomic E-state index is 0.0103. The predicted octanol–water partition coefficient (Wildman–Crippen LogP) is 2.36. The molecular weight excluding hydrogens is 302 g/mol. The molecule has 4 rings (SSSR count). The van der Waals surface area contributed by atoms with Crippen LogP contribution in [0.1, 0.15) is 51.5 Å². The van der Waals surface area contributed by atoms with Crippen molar-refractivity contribution in [3.05, 3.63) is 29.8 Å². The fourth-order valence-electron chi connectivity index (χ4n) is 4.88. The molecule has 2 fully saturated rings. The third-order valence-corrected chi connectivity index (χ3v) is 5.96. The first kappa shape index (κ1) is 15.6. The minimum Gasteiger partial charge on any atom is -0.311 e. The number of hydrogen-bond donors (Lipinski definition) is 1. The fraction of sp³-hybridized carbons (Fsp3) is 0.579. The average Bonchev–Trinajstić information content (AvgIpc) is 2.99. The molecule has 1 saturated carbocycles. The Kier molecular flexibility index (Phi) is 3.46. The molecule has 1 aromatic carbocycles. The van der Waals surface area contributed by atoms with E-state index in [9.17, 15) is 9.59 Å². The molecule has 24 heavy (non-hydrogen) atoms. The Balaban J connectivity index is 1.90. The van der Waals surface area contributed by atoms with Crippen molar-refractivity contribution in [3.63, 3.8) is 0 Å². The molecule has 1 atom stereocenters. The van der Waals surface area contributed by atoms with Crippen molar-refractivity contribution < 1.29 is 9.59 Å². The van der Waals surface area contributed by atoms with Crippen LogP contribution in [0.2, 0.25) is 0 Å². The second kappa shape index (κ2) is 5.31. The highest BCUT2D eigenvalue weighted by atomic mass is 16.2. The Hall–Kier alpha value is -1.88. The van der Waals surface area contributed by atoms with Gasteiger partial charge in [-0.15, -0.1) is 0 Å². The minimum atomic E-state index is -1.02. The van der Waals surface area contributed by atoms with Crippen molar-refractivity contribution in [2.75, 3.05) is 18.0 Å². The summed E-state index contributed by atoms with van der Waals surface area (Å²) in [4.78, 5) is 30.3. The Bertz CT molecular complexity index is 696. The van der Waals surface area contributed by atoms with Crippen molar-refractivity contribution in [2.24, 2.45) is 0 Å². The molecule has 2 amide bonds. The molecule has 0 unspecified atom stereocenters.